The molecule has 1 saturated carbocycles. The first kappa shape index (κ1) is 14.2. The van der Waals surface area contributed by atoms with Crippen LogP contribution in [0.3, 0.4) is 0 Å². The van der Waals surface area contributed by atoms with Gasteiger partial charge in [-0.05, 0) is 37.5 Å². The van der Waals surface area contributed by atoms with Crippen molar-refractivity contribution in [1.82, 2.24) is 0 Å². The molecule has 0 bridgehead atoms. The SMILES string of the molecule is CCOCc1ccccc1NCc1ccc(C2CC2C)o1. The highest BCUT2D eigenvalue weighted by molar-refractivity contribution is 5.50. The summed E-state index contributed by atoms with van der Waals surface area (Å²) < 4.78 is 11.4. The lowest BCUT2D eigenvalue weighted by molar-refractivity contribution is 0.134. The number of benzene rings is 1. The Morgan fingerprint density at radius 3 is 2.81 bits per heavy atom. The minimum Gasteiger partial charge on any atom is -0.464 e. The maximum atomic E-state index is 5.93. The van der Waals surface area contributed by atoms with Crippen LogP contribution in [0.15, 0.2) is 40.8 Å². The molecule has 3 rings (SSSR count). The fourth-order valence-electron chi connectivity index (χ4n) is 2.62. The molecule has 1 heterocycles. The molecule has 1 aromatic heterocycles. The van der Waals surface area contributed by atoms with Crippen molar-refractivity contribution in [3.63, 3.8) is 0 Å². The second-order valence-electron chi connectivity index (χ2n) is 5.77. The number of nitrogens with one attached hydrogen (secondary N) is 1. The van der Waals surface area contributed by atoms with E-state index in [-0.39, 0.29) is 0 Å². The molecule has 0 aliphatic heterocycles. The van der Waals surface area contributed by atoms with E-state index >= 15 is 0 Å². The quantitative estimate of drug-likeness (QED) is 0.810. The van der Waals surface area contributed by atoms with Gasteiger partial charge in [0, 0.05) is 23.8 Å². The minimum absolute atomic E-state index is 0.642. The number of rotatable bonds is 7. The lowest BCUT2D eigenvalue weighted by Gasteiger charge is -2.11. The van der Waals surface area contributed by atoms with Gasteiger partial charge in [0.1, 0.15) is 11.5 Å². The van der Waals surface area contributed by atoms with Gasteiger partial charge < -0.3 is 14.5 Å². The largest absolute Gasteiger partial charge is 0.464 e. The van der Waals surface area contributed by atoms with Crippen molar-refractivity contribution in [1.29, 1.82) is 0 Å². The van der Waals surface area contributed by atoms with Crippen LogP contribution in [0, 0.1) is 5.92 Å². The number of hydrogen-bond acceptors (Lipinski definition) is 3. The molecule has 0 amide bonds. The molecular formula is C18H23NO2. The first-order chi connectivity index (χ1) is 10.3. The summed E-state index contributed by atoms with van der Waals surface area (Å²) in [5, 5.41) is 3.45. The van der Waals surface area contributed by atoms with Gasteiger partial charge in [-0.1, -0.05) is 25.1 Å². The maximum absolute atomic E-state index is 5.93. The average molecular weight is 285 g/mol. The van der Waals surface area contributed by atoms with Gasteiger partial charge in [-0.2, -0.15) is 0 Å². The molecule has 1 aromatic carbocycles. The third-order valence-electron chi connectivity index (χ3n) is 4.09. The second kappa shape index (κ2) is 6.35. The second-order valence-corrected chi connectivity index (χ2v) is 5.77. The van der Waals surface area contributed by atoms with Crippen molar-refractivity contribution in [2.45, 2.75) is 39.3 Å². The van der Waals surface area contributed by atoms with Crippen LogP contribution >= 0.6 is 0 Å². The maximum Gasteiger partial charge on any atom is 0.123 e. The van der Waals surface area contributed by atoms with Crippen LogP contribution in [0.2, 0.25) is 0 Å². The van der Waals surface area contributed by atoms with Crippen LogP contribution in [-0.2, 0) is 17.9 Å². The van der Waals surface area contributed by atoms with E-state index in [9.17, 15) is 0 Å². The van der Waals surface area contributed by atoms with Crippen LogP contribution in [0.4, 0.5) is 5.69 Å². The third kappa shape index (κ3) is 3.48. The summed E-state index contributed by atoms with van der Waals surface area (Å²) in [5.41, 5.74) is 2.30. The molecule has 2 aromatic rings. The number of anilines is 1. The Kier molecular flexibility index (Phi) is 4.30. The predicted octanol–water partition coefficient (Wildman–Crippen LogP) is 4.55. The van der Waals surface area contributed by atoms with Crippen molar-refractivity contribution in [2.24, 2.45) is 5.92 Å². The average Bonchev–Trinajstić information content (AvgIpc) is 3.05. The van der Waals surface area contributed by atoms with Gasteiger partial charge in [-0.15, -0.1) is 0 Å². The van der Waals surface area contributed by atoms with E-state index in [1.54, 1.807) is 0 Å². The Hall–Kier alpha value is -1.74. The Morgan fingerprint density at radius 1 is 1.24 bits per heavy atom. The topological polar surface area (TPSA) is 34.4 Å². The van der Waals surface area contributed by atoms with E-state index in [2.05, 4.69) is 36.5 Å². The van der Waals surface area contributed by atoms with Gasteiger partial charge in [-0.3, -0.25) is 0 Å². The van der Waals surface area contributed by atoms with E-state index in [1.807, 2.05) is 19.1 Å². The molecule has 2 unspecified atom stereocenters. The van der Waals surface area contributed by atoms with E-state index in [0.29, 0.717) is 19.1 Å². The Balaban J connectivity index is 1.60. The number of ether oxygens (including phenoxy) is 1. The number of hydrogen-bond donors (Lipinski definition) is 1. The lowest BCUT2D eigenvalue weighted by atomic mass is 10.2. The lowest BCUT2D eigenvalue weighted by Crippen LogP contribution is -2.03. The van der Waals surface area contributed by atoms with Crippen molar-refractivity contribution in [2.75, 3.05) is 11.9 Å². The van der Waals surface area contributed by atoms with Crippen molar-refractivity contribution < 1.29 is 9.15 Å². The number of para-hydroxylation sites is 1. The summed E-state index contributed by atoms with van der Waals surface area (Å²) in [4.78, 5) is 0. The van der Waals surface area contributed by atoms with Gasteiger partial charge in [0.05, 0.1) is 13.2 Å². The van der Waals surface area contributed by atoms with Gasteiger partial charge in [0.25, 0.3) is 0 Å². The Morgan fingerprint density at radius 2 is 2.05 bits per heavy atom. The van der Waals surface area contributed by atoms with E-state index < -0.39 is 0 Å². The summed E-state index contributed by atoms with van der Waals surface area (Å²) in [6.07, 6.45) is 1.26. The van der Waals surface area contributed by atoms with E-state index in [4.69, 9.17) is 9.15 Å². The molecule has 0 saturated heterocycles. The van der Waals surface area contributed by atoms with Crippen molar-refractivity contribution in [3.8, 4) is 0 Å². The summed E-state index contributed by atoms with van der Waals surface area (Å²) in [6, 6.07) is 12.5. The molecule has 0 radical (unpaired) electrons. The molecule has 1 aliphatic rings. The van der Waals surface area contributed by atoms with Gasteiger partial charge >= 0.3 is 0 Å². The fourth-order valence-corrected chi connectivity index (χ4v) is 2.62. The summed E-state index contributed by atoms with van der Waals surface area (Å²) >= 11 is 0. The van der Waals surface area contributed by atoms with Crippen LogP contribution in [0.1, 0.15) is 43.3 Å². The minimum atomic E-state index is 0.642. The van der Waals surface area contributed by atoms with Crippen molar-refractivity contribution in [3.05, 3.63) is 53.5 Å². The Bertz CT molecular complexity index is 590. The third-order valence-corrected chi connectivity index (χ3v) is 4.09. The highest BCUT2D eigenvalue weighted by Gasteiger charge is 2.36. The molecule has 21 heavy (non-hydrogen) atoms. The highest BCUT2D eigenvalue weighted by atomic mass is 16.5. The zero-order valence-corrected chi connectivity index (χ0v) is 12.8. The highest BCUT2D eigenvalue weighted by Crippen LogP contribution is 2.47. The predicted molar refractivity (Wildman–Crippen MR) is 84.3 cm³/mol. The van der Waals surface area contributed by atoms with Crippen LogP contribution in [-0.4, -0.2) is 6.61 Å². The van der Waals surface area contributed by atoms with Crippen LogP contribution in [0.5, 0.6) is 0 Å². The molecule has 1 aliphatic carbocycles. The first-order valence-corrected chi connectivity index (χ1v) is 7.76. The van der Waals surface area contributed by atoms with E-state index in [1.165, 1.54) is 12.0 Å². The first-order valence-electron chi connectivity index (χ1n) is 7.76. The van der Waals surface area contributed by atoms with Crippen LogP contribution < -0.4 is 5.32 Å². The van der Waals surface area contributed by atoms with Gasteiger partial charge in [0.15, 0.2) is 0 Å². The molecular weight excluding hydrogens is 262 g/mol. The fraction of sp³-hybridized carbons (Fsp3) is 0.444. The monoisotopic (exact) mass is 285 g/mol. The molecule has 3 nitrogen and oxygen atoms in total. The summed E-state index contributed by atoms with van der Waals surface area (Å²) in [7, 11) is 0. The molecule has 112 valence electrons. The molecule has 2 atom stereocenters. The number of furan rings is 1. The van der Waals surface area contributed by atoms with Crippen molar-refractivity contribution >= 4 is 5.69 Å². The Labute approximate surface area is 126 Å². The van der Waals surface area contributed by atoms with E-state index in [0.717, 1.165) is 29.7 Å². The van der Waals surface area contributed by atoms with Gasteiger partial charge in [0.2, 0.25) is 0 Å². The molecule has 3 heteroatoms. The van der Waals surface area contributed by atoms with Crippen LogP contribution in [0.25, 0.3) is 0 Å². The molecule has 1 N–H and O–H groups in total. The summed E-state index contributed by atoms with van der Waals surface area (Å²) in [5.74, 6) is 3.56. The molecule has 0 spiro atoms. The molecule has 1 fully saturated rings. The zero-order valence-electron chi connectivity index (χ0n) is 12.8. The zero-order chi connectivity index (χ0) is 14.7. The summed E-state index contributed by atoms with van der Waals surface area (Å²) in [6.45, 7) is 6.37. The normalized spacial score (nSPS) is 20.5. The smallest absolute Gasteiger partial charge is 0.123 e. The van der Waals surface area contributed by atoms with Gasteiger partial charge in [-0.25, -0.2) is 0 Å². The standard InChI is InChI=1S/C18H23NO2/c1-3-20-12-14-6-4-5-7-17(14)19-11-15-8-9-18(21-15)16-10-13(16)2/h4-9,13,16,19H,3,10-12H2,1-2H3.